The number of hydrogen-bond donors (Lipinski definition) is 2. The zero-order chi connectivity index (χ0) is 20.8. The third kappa shape index (κ3) is 10.4. The molecule has 0 saturated heterocycles. The minimum absolute atomic E-state index is 0.0845. The van der Waals surface area contributed by atoms with Crippen molar-refractivity contribution in [2.24, 2.45) is 0 Å². The Balaban J connectivity index is 0.00000326. The Kier molecular flexibility index (Phi) is 12.7. The van der Waals surface area contributed by atoms with Crippen LogP contribution in [0.1, 0.15) is 32.3 Å². The van der Waals surface area contributed by atoms with Crippen molar-refractivity contribution in [1.29, 1.82) is 0 Å². The van der Waals surface area contributed by atoms with Crippen LogP contribution in [0.15, 0.2) is 36.5 Å². The van der Waals surface area contributed by atoms with Crippen molar-refractivity contribution in [3.63, 3.8) is 0 Å². The molecule has 2 N–H and O–H groups in total. The molecule has 0 fully saturated rings. The van der Waals surface area contributed by atoms with E-state index >= 15 is 0 Å². The molecule has 0 bridgehead atoms. The Morgan fingerprint density at radius 1 is 1.30 bits per heavy atom. The molecule has 1 atom stereocenters. The lowest BCUT2D eigenvalue weighted by atomic mass is 10.2. The highest BCUT2D eigenvalue weighted by Gasteiger charge is 2.11. The summed E-state index contributed by atoms with van der Waals surface area (Å²) in [6, 6.07) is 8.30. The first kappa shape index (κ1) is 24.7. The molecule has 1 amide bonds. The monoisotopic (exact) mass is 373 g/mol. The van der Waals surface area contributed by atoms with Crippen molar-refractivity contribution in [3.8, 4) is 12.8 Å². The first-order valence-corrected chi connectivity index (χ1v) is 9.25. The second-order valence-corrected chi connectivity index (χ2v) is 6.72. The maximum Gasteiger partial charge on any atom is 0.219 e. The van der Waals surface area contributed by atoms with Gasteiger partial charge in [0.1, 0.15) is 0 Å². The number of hydrogen-bond acceptors (Lipinski definition) is 4. The van der Waals surface area contributed by atoms with Crippen LogP contribution in [0.2, 0.25) is 0 Å². The molecule has 5 nitrogen and oxygen atoms in total. The normalized spacial score (nSPS) is 11.3. The SMILES string of the molecule is C#C.C=C(CCN(CCCN(C)[C@@H](C)CO)C(C)=O)Nc1cccc(C)c1. The summed E-state index contributed by atoms with van der Waals surface area (Å²) < 4.78 is 0. The topological polar surface area (TPSA) is 55.8 Å². The lowest BCUT2D eigenvalue weighted by molar-refractivity contribution is -0.128. The summed E-state index contributed by atoms with van der Waals surface area (Å²) in [5.41, 5.74) is 3.13. The van der Waals surface area contributed by atoms with Gasteiger partial charge in [0.15, 0.2) is 0 Å². The zero-order valence-electron chi connectivity index (χ0n) is 17.2. The van der Waals surface area contributed by atoms with Gasteiger partial charge in [-0.25, -0.2) is 0 Å². The molecule has 0 aliphatic carbocycles. The molecule has 0 spiro atoms. The Labute approximate surface area is 165 Å². The van der Waals surface area contributed by atoms with Crippen LogP contribution in [0.5, 0.6) is 0 Å². The van der Waals surface area contributed by atoms with E-state index in [1.54, 1.807) is 6.92 Å². The summed E-state index contributed by atoms with van der Waals surface area (Å²) in [5.74, 6) is 0.0845. The number of carbonyl (C=O) groups is 1. The Morgan fingerprint density at radius 2 is 1.96 bits per heavy atom. The van der Waals surface area contributed by atoms with E-state index in [0.717, 1.165) is 37.3 Å². The molecule has 5 heteroatoms. The van der Waals surface area contributed by atoms with E-state index in [1.807, 2.05) is 31.0 Å². The van der Waals surface area contributed by atoms with Gasteiger partial charge in [-0.2, -0.15) is 0 Å². The molecule has 0 heterocycles. The maximum absolute atomic E-state index is 11.8. The van der Waals surface area contributed by atoms with Gasteiger partial charge >= 0.3 is 0 Å². The van der Waals surface area contributed by atoms with E-state index in [2.05, 4.69) is 48.7 Å². The second-order valence-electron chi connectivity index (χ2n) is 6.72. The molecular formula is C22H35N3O2. The van der Waals surface area contributed by atoms with Crippen LogP contribution < -0.4 is 5.32 Å². The molecule has 1 aromatic rings. The Morgan fingerprint density at radius 3 is 2.52 bits per heavy atom. The van der Waals surface area contributed by atoms with E-state index < -0.39 is 0 Å². The summed E-state index contributed by atoms with van der Waals surface area (Å²) in [6.45, 7) is 12.1. The summed E-state index contributed by atoms with van der Waals surface area (Å²) in [7, 11) is 1.99. The minimum Gasteiger partial charge on any atom is -0.395 e. The summed E-state index contributed by atoms with van der Waals surface area (Å²) >= 11 is 0. The second kappa shape index (κ2) is 13.9. The molecule has 0 aromatic heterocycles. The van der Waals surface area contributed by atoms with E-state index in [9.17, 15) is 4.79 Å². The molecular weight excluding hydrogens is 338 g/mol. The van der Waals surface area contributed by atoms with Gasteiger partial charge in [-0.1, -0.05) is 18.7 Å². The van der Waals surface area contributed by atoms with Crippen LogP contribution in [0.4, 0.5) is 5.69 Å². The Hall–Kier alpha value is -2.29. The van der Waals surface area contributed by atoms with E-state index in [0.29, 0.717) is 6.54 Å². The van der Waals surface area contributed by atoms with Crippen LogP contribution in [0, 0.1) is 19.8 Å². The third-order valence-electron chi connectivity index (χ3n) is 4.42. The highest BCUT2D eigenvalue weighted by molar-refractivity contribution is 5.73. The number of carbonyl (C=O) groups excluding carboxylic acids is 1. The molecule has 1 aromatic carbocycles. The first-order chi connectivity index (χ1) is 12.8. The van der Waals surface area contributed by atoms with Crippen molar-refractivity contribution >= 4 is 11.6 Å². The predicted octanol–water partition coefficient (Wildman–Crippen LogP) is 3.11. The van der Waals surface area contributed by atoms with E-state index in [4.69, 9.17) is 5.11 Å². The number of likely N-dealkylation sites (N-methyl/N-ethyl adjacent to an activating group) is 1. The average molecular weight is 374 g/mol. The first-order valence-electron chi connectivity index (χ1n) is 9.25. The fraction of sp³-hybridized carbons (Fsp3) is 0.500. The molecule has 27 heavy (non-hydrogen) atoms. The summed E-state index contributed by atoms with van der Waals surface area (Å²) in [6.07, 6.45) is 9.61. The van der Waals surface area contributed by atoms with Crippen LogP contribution in [-0.2, 0) is 4.79 Å². The predicted molar refractivity (Wildman–Crippen MR) is 114 cm³/mol. The quantitative estimate of drug-likeness (QED) is 0.585. The number of rotatable bonds is 11. The number of aliphatic hydroxyl groups is 1. The number of benzene rings is 1. The standard InChI is InChI=1S/C20H33N3O2.C2H2/c1-16-8-6-9-20(14-16)21-17(2)10-13-23(19(4)25)12-7-11-22(5)18(3)15-24;1-2/h6,8-9,14,18,21,24H,2,7,10-13,15H2,1,3-5H3;1-2H/t18-;/m0./s1. The third-order valence-corrected chi connectivity index (χ3v) is 4.42. The van der Waals surface area contributed by atoms with Crippen molar-refractivity contribution in [3.05, 3.63) is 42.1 Å². The van der Waals surface area contributed by atoms with Crippen molar-refractivity contribution in [2.75, 3.05) is 38.6 Å². The van der Waals surface area contributed by atoms with Crippen LogP contribution >= 0.6 is 0 Å². The number of anilines is 1. The zero-order valence-corrected chi connectivity index (χ0v) is 17.2. The fourth-order valence-corrected chi connectivity index (χ4v) is 2.56. The van der Waals surface area contributed by atoms with Gasteiger partial charge in [0.25, 0.3) is 0 Å². The largest absolute Gasteiger partial charge is 0.395 e. The summed E-state index contributed by atoms with van der Waals surface area (Å²) in [4.78, 5) is 15.8. The van der Waals surface area contributed by atoms with Crippen LogP contribution in [0.25, 0.3) is 0 Å². The lowest BCUT2D eigenvalue weighted by Crippen LogP contribution is -2.36. The molecule has 150 valence electrons. The Bertz CT molecular complexity index is 598. The van der Waals surface area contributed by atoms with Gasteiger partial charge in [0.2, 0.25) is 5.91 Å². The van der Waals surface area contributed by atoms with Gasteiger partial charge in [0, 0.05) is 43.9 Å². The van der Waals surface area contributed by atoms with Gasteiger partial charge in [0.05, 0.1) is 6.61 Å². The maximum atomic E-state index is 11.8. The van der Waals surface area contributed by atoms with Crippen LogP contribution in [0.3, 0.4) is 0 Å². The van der Waals surface area contributed by atoms with E-state index in [1.165, 1.54) is 5.56 Å². The van der Waals surface area contributed by atoms with Gasteiger partial charge in [-0.15, -0.1) is 12.8 Å². The summed E-state index contributed by atoms with van der Waals surface area (Å²) in [5, 5.41) is 12.5. The van der Waals surface area contributed by atoms with Crippen molar-refractivity contribution < 1.29 is 9.90 Å². The molecule has 1 rings (SSSR count). The lowest BCUT2D eigenvalue weighted by Gasteiger charge is -2.26. The molecule has 0 unspecified atom stereocenters. The fourth-order valence-electron chi connectivity index (χ4n) is 2.56. The number of nitrogens with one attached hydrogen (secondary N) is 1. The molecule has 0 saturated carbocycles. The van der Waals surface area contributed by atoms with Crippen molar-refractivity contribution in [1.82, 2.24) is 9.80 Å². The van der Waals surface area contributed by atoms with Gasteiger partial charge < -0.3 is 20.2 Å². The van der Waals surface area contributed by atoms with Crippen LogP contribution in [-0.4, -0.2) is 60.1 Å². The molecule has 0 aliphatic heterocycles. The minimum atomic E-state index is 0.0845. The van der Waals surface area contributed by atoms with Gasteiger partial charge in [-0.05, 0) is 51.6 Å². The van der Waals surface area contributed by atoms with Crippen molar-refractivity contribution in [2.45, 2.75) is 39.7 Å². The number of amides is 1. The number of nitrogens with zero attached hydrogens (tertiary/aromatic N) is 2. The highest BCUT2D eigenvalue weighted by atomic mass is 16.3. The highest BCUT2D eigenvalue weighted by Crippen LogP contribution is 2.13. The van der Waals surface area contributed by atoms with E-state index in [-0.39, 0.29) is 18.6 Å². The van der Waals surface area contributed by atoms with Gasteiger partial charge in [-0.3, -0.25) is 4.79 Å². The smallest absolute Gasteiger partial charge is 0.219 e. The average Bonchev–Trinajstić information content (AvgIpc) is 2.64. The molecule has 0 radical (unpaired) electrons. The number of aliphatic hydroxyl groups excluding tert-OH is 1. The number of aryl methyl sites for hydroxylation is 1. The number of terminal acetylenes is 1. The molecule has 0 aliphatic rings.